The van der Waals surface area contributed by atoms with Crippen molar-refractivity contribution in [1.82, 2.24) is 4.57 Å². The van der Waals surface area contributed by atoms with Gasteiger partial charge in [-0.3, -0.25) is 9.36 Å². The normalized spacial score (nSPS) is 15.0. The minimum absolute atomic E-state index is 0.123. The van der Waals surface area contributed by atoms with Crippen LogP contribution in [0.4, 0.5) is 0 Å². The lowest BCUT2D eigenvalue weighted by Gasteiger charge is -2.25. The van der Waals surface area contributed by atoms with E-state index < -0.39 is 12.0 Å². The van der Waals surface area contributed by atoms with E-state index in [1.165, 1.54) is 23.0 Å². The van der Waals surface area contributed by atoms with E-state index in [9.17, 15) is 9.59 Å². The Balaban J connectivity index is 1.92. The van der Waals surface area contributed by atoms with E-state index in [1.54, 1.807) is 56.3 Å². The molecule has 0 saturated heterocycles. The second-order valence-corrected chi connectivity index (χ2v) is 9.60. The van der Waals surface area contributed by atoms with E-state index in [2.05, 4.69) is 4.99 Å². The summed E-state index contributed by atoms with van der Waals surface area (Å²) < 4.78 is 17.9. The van der Waals surface area contributed by atoms with Gasteiger partial charge < -0.3 is 14.2 Å². The van der Waals surface area contributed by atoms with Gasteiger partial charge in [0.05, 0.1) is 39.6 Å². The Morgan fingerprint density at radius 3 is 2.76 bits per heavy atom. The van der Waals surface area contributed by atoms with Crippen LogP contribution >= 0.6 is 34.5 Å². The average molecular weight is 558 g/mol. The van der Waals surface area contributed by atoms with Gasteiger partial charge >= 0.3 is 5.97 Å². The maximum Gasteiger partial charge on any atom is 0.338 e. The van der Waals surface area contributed by atoms with Crippen molar-refractivity contribution in [2.45, 2.75) is 19.9 Å². The molecule has 11 heteroatoms. The smallest absolute Gasteiger partial charge is 0.338 e. The van der Waals surface area contributed by atoms with Gasteiger partial charge in [-0.15, -0.1) is 0 Å². The first kappa shape index (κ1) is 26.5. The van der Waals surface area contributed by atoms with Crippen LogP contribution in [0.25, 0.3) is 6.08 Å². The van der Waals surface area contributed by atoms with Crippen LogP contribution in [0, 0.1) is 11.3 Å². The summed E-state index contributed by atoms with van der Waals surface area (Å²) in [6.07, 6.45) is 1.69. The molecular weight excluding hydrogens is 537 g/mol. The number of carbonyl (C=O) groups excluding carboxylic acids is 1. The standard InChI is InChI=1S/C26H21Cl2N3O5S/c1-4-35-25(33)21-14(2)30-26-31(23(21)16-6-5-7-17(27)22(16)28)24(32)20(37-26)13-15-8-9-18(36-11-10-29)19(12-15)34-3/h5-9,12-13,23H,4,11H2,1-3H3/b20-13-/t23-/m0/s1. The number of thiazole rings is 1. The number of esters is 1. The monoisotopic (exact) mass is 557 g/mol. The lowest BCUT2D eigenvalue weighted by atomic mass is 9.96. The summed E-state index contributed by atoms with van der Waals surface area (Å²) >= 11 is 14.0. The molecule has 0 fully saturated rings. The van der Waals surface area contributed by atoms with Crippen molar-refractivity contribution in [3.05, 3.63) is 88.5 Å². The van der Waals surface area contributed by atoms with E-state index in [-0.39, 0.29) is 29.4 Å². The number of aromatic nitrogens is 1. The third-order valence-corrected chi connectivity index (χ3v) is 7.39. The molecule has 0 unspecified atom stereocenters. The number of allylic oxidation sites excluding steroid dienone is 1. The van der Waals surface area contributed by atoms with E-state index in [0.717, 1.165) is 0 Å². The molecule has 0 amide bonds. The fraction of sp³-hybridized carbons (Fsp3) is 0.231. The van der Waals surface area contributed by atoms with Crippen molar-refractivity contribution >= 4 is 46.6 Å². The number of nitriles is 1. The molecule has 1 aliphatic rings. The van der Waals surface area contributed by atoms with Crippen molar-refractivity contribution in [2.24, 2.45) is 4.99 Å². The molecule has 0 radical (unpaired) electrons. The number of rotatable bonds is 7. The van der Waals surface area contributed by atoms with Gasteiger partial charge in [0.2, 0.25) is 0 Å². The van der Waals surface area contributed by atoms with E-state index in [1.807, 2.05) is 6.07 Å². The predicted molar refractivity (Wildman–Crippen MR) is 141 cm³/mol. The van der Waals surface area contributed by atoms with E-state index in [4.69, 9.17) is 42.7 Å². The second kappa shape index (κ2) is 11.2. The summed E-state index contributed by atoms with van der Waals surface area (Å²) in [5.41, 5.74) is 1.44. The maximum absolute atomic E-state index is 13.7. The molecule has 1 aromatic heterocycles. The third kappa shape index (κ3) is 5.14. The fourth-order valence-electron chi connectivity index (χ4n) is 3.97. The summed E-state index contributed by atoms with van der Waals surface area (Å²) in [4.78, 5) is 31.7. The number of hydrogen-bond donors (Lipinski definition) is 0. The zero-order valence-electron chi connectivity index (χ0n) is 20.1. The first-order valence-electron chi connectivity index (χ1n) is 11.1. The Kier molecular flexibility index (Phi) is 8.03. The molecule has 3 aromatic rings. The van der Waals surface area contributed by atoms with Gasteiger partial charge in [0.1, 0.15) is 12.1 Å². The number of hydrogen-bond acceptors (Lipinski definition) is 8. The number of ether oxygens (including phenoxy) is 3. The van der Waals surface area contributed by atoms with Gasteiger partial charge in [0, 0.05) is 5.56 Å². The molecular formula is C26H21Cl2N3O5S. The molecule has 0 N–H and O–H groups in total. The number of nitrogens with zero attached hydrogens (tertiary/aromatic N) is 3. The molecule has 2 aromatic carbocycles. The summed E-state index contributed by atoms with van der Waals surface area (Å²) in [5, 5.41) is 9.30. The zero-order chi connectivity index (χ0) is 26.7. The molecule has 1 atom stereocenters. The number of carbonyl (C=O) groups is 1. The molecule has 1 aliphatic heterocycles. The Labute approximate surface area is 226 Å². The van der Waals surface area contributed by atoms with E-state index in [0.29, 0.717) is 42.7 Å². The van der Waals surface area contributed by atoms with Crippen LogP contribution in [0.3, 0.4) is 0 Å². The lowest BCUT2D eigenvalue weighted by Crippen LogP contribution is -2.40. The molecule has 0 spiro atoms. The fourth-order valence-corrected chi connectivity index (χ4v) is 5.43. The molecule has 8 nitrogen and oxygen atoms in total. The van der Waals surface area contributed by atoms with Crippen LogP contribution < -0.4 is 24.4 Å². The van der Waals surface area contributed by atoms with Crippen molar-refractivity contribution in [3.8, 4) is 17.6 Å². The van der Waals surface area contributed by atoms with Crippen molar-refractivity contribution in [2.75, 3.05) is 20.3 Å². The van der Waals surface area contributed by atoms with Crippen molar-refractivity contribution in [1.29, 1.82) is 5.26 Å². The quantitative estimate of drug-likeness (QED) is 0.406. The molecule has 0 aliphatic carbocycles. The van der Waals surface area contributed by atoms with Crippen LogP contribution in [-0.4, -0.2) is 30.9 Å². The Hall–Kier alpha value is -3.58. The van der Waals surface area contributed by atoms with Gasteiger partial charge in [0.15, 0.2) is 22.9 Å². The summed E-state index contributed by atoms with van der Waals surface area (Å²) in [5.74, 6) is 0.241. The largest absolute Gasteiger partial charge is 0.493 e. The molecule has 2 heterocycles. The Morgan fingerprint density at radius 1 is 1.27 bits per heavy atom. The van der Waals surface area contributed by atoms with Gasteiger partial charge in [-0.2, -0.15) is 5.26 Å². The van der Waals surface area contributed by atoms with Crippen molar-refractivity contribution < 1.29 is 19.0 Å². The third-order valence-electron chi connectivity index (χ3n) is 5.57. The van der Waals surface area contributed by atoms with Crippen LogP contribution in [0.2, 0.25) is 10.0 Å². The number of benzene rings is 2. The topological polar surface area (TPSA) is 103 Å². The molecule has 37 heavy (non-hydrogen) atoms. The Morgan fingerprint density at radius 2 is 2.05 bits per heavy atom. The highest BCUT2D eigenvalue weighted by Crippen LogP contribution is 2.37. The molecule has 0 saturated carbocycles. The Bertz CT molecular complexity index is 1630. The van der Waals surface area contributed by atoms with Gasteiger partial charge in [-0.25, -0.2) is 9.79 Å². The predicted octanol–water partition coefficient (Wildman–Crippen LogP) is 4.02. The summed E-state index contributed by atoms with van der Waals surface area (Å²) in [6, 6.07) is 11.2. The molecule has 4 rings (SSSR count). The zero-order valence-corrected chi connectivity index (χ0v) is 22.4. The number of methoxy groups -OCH3 is 1. The van der Waals surface area contributed by atoms with Gasteiger partial charge in [-0.05, 0) is 43.7 Å². The first-order valence-corrected chi connectivity index (χ1v) is 12.7. The second-order valence-electron chi connectivity index (χ2n) is 7.80. The number of fused-ring (bicyclic) bond motifs is 1. The number of halogens is 2. The molecule has 0 bridgehead atoms. The van der Waals surface area contributed by atoms with Crippen LogP contribution in [0.15, 0.2) is 57.5 Å². The lowest BCUT2D eigenvalue weighted by molar-refractivity contribution is -0.139. The maximum atomic E-state index is 13.7. The summed E-state index contributed by atoms with van der Waals surface area (Å²) in [6.45, 7) is 3.43. The van der Waals surface area contributed by atoms with Crippen LogP contribution in [-0.2, 0) is 9.53 Å². The van der Waals surface area contributed by atoms with E-state index >= 15 is 0 Å². The SMILES string of the molecule is CCOC(=O)C1=C(C)N=c2s/c(=C\c3ccc(OCC#N)c(OC)c3)c(=O)n2[C@H]1c1cccc(Cl)c1Cl. The highest BCUT2D eigenvalue weighted by Gasteiger charge is 2.34. The van der Waals surface area contributed by atoms with Crippen molar-refractivity contribution in [3.63, 3.8) is 0 Å². The summed E-state index contributed by atoms with van der Waals surface area (Å²) in [7, 11) is 1.49. The van der Waals surface area contributed by atoms with Crippen LogP contribution in [0.1, 0.15) is 31.0 Å². The highest BCUT2D eigenvalue weighted by molar-refractivity contribution is 7.07. The molecule has 190 valence electrons. The van der Waals surface area contributed by atoms with Gasteiger partial charge in [-0.1, -0.05) is 52.7 Å². The minimum Gasteiger partial charge on any atom is -0.493 e. The highest BCUT2D eigenvalue weighted by atomic mass is 35.5. The first-order chi connectivity index (χ1) is 17.8. The van der Waals surface area contributed by atoms with Gasteiger partial charge in [0.25, 0.3) is 5.56 Å². The van der Waals surface area contributed by atoms with Crippen LogP contribution in [0.5, 0.6) is 11.5 Å². The minimum atomic E-state index is -0.875. The average Bonchev–Trinajstić information content (AvgIpc) is 3.18.